The van der Waals surface area contributed by atoms with Gasteiger partial charge in [0, 0.05) is 17.4 Å². The third-order valence-electron chi connectivity index (χ3n) is 5.49. The van der Waals surface area contributed by atoms with Crippen LogP contribution in [0.25, 0.3) is 10.2 Å². The van der Waals surface area contributed by atoms with Gasteiger partial charge in [0.05, 0.1) is 16.3 Å². The van der Waals surface area contributed by atoms with E-state index in [9.17, 15) is 5.11 Å². The maximum atomic E-state index is 9.80. The van der Waals surface area contributed by atoms with E-state index in [-0.39, 0.29) is 6.10 Å². The predicted octanol–water partition coefficient (Wildman–Crippen LogP) is 5.93. The number of nitrogens with one attached hydrogen (secondary N) is 1. The van der Waals surface area contributed by atoms with Gasteiger partial charge in [-0.2, -0.15) is 0 Å². The van der Waals surface area contributed by atoms with Crippen LogP contribution in [0, 0.1) is 5.92 Å². The lowest BCUT2D eigenvalue weighted by Gasteiger charge is -2.13. The number of aliphatic hydroxyl groups excluding tert-OH is 1. The number of aliphatic hydroxyl groups is 1. The van der Waals surface area contributed by atoms with Gasteiger partial charge in [-0.25, -0.2) is 9.97 Å². The van der Waals surface area contributed by atoms with Crippen molar-refractivity contribution in [2.75, 3.05) is 5.32 Å². The first kappa shape index (κ1) is 19.0. The summed E-state index contributed by atoms with van der Waals surface area (Å²) in [5.74, 6) is 1.88. The van der Waals surface area contributed by atoms with E-state index in [0.29, 0.717) is 11.8 Å². The molecule has 2 heterocycles. The minimum absolute atomic E-state index is 0.161. The molecular weight excluding hydrogens is 394 g/mol. The molecule has 5 rings (SSSR count). The second kappa shape index (κ2) is 8.42. The molecule has 2 N–H and O–H groups in total. The maximum absolute atomic E-state index is 9.80. The minimum Gasteiger partial charge on any atom is -0.439 e. The number of nitrogens with zero attached hydrogens (tertiary/aromatic N) is 2. The Hall–Kier alpha value is -2.96. The van der Waals surface area contributed by atoms with E-state index in [1.54, 1.807) is 17.5 Å². The highest BCUT2D eigenvalue weighted by molar-refractivity contribution is 7.22. The van der Waals surface area contributed by atoms with Gasteiger partial charge in [0.15, 0.2) is 5.13 Å². The summed E-state index contributed by atoms with van der Waals surface area (Å²) in [6, 6.07) is 20.0. The molecule has 152 valence electrons. The van der Waals surface area contributed by atoms with Crippen molar-refractivity contribution in [2.45, 2.75) is 31.8 Å². The Kier molecular flexibility index (Phi) is 5.34. The number of pyridine rings is 1. The van der Waals surface area contributed by atoms with Gasteiger partial charge in [-0.15, -0.1) is 0 Å². The molecule has 6 heteroatoms. The molecule has 0 amide bonds. The molecule has 2 aromatic heterocycles. The lowest BCUT2D eigenvalue weighted by Crippen LogP contribution is -2.05. The molecule has 0 saturated heterocycles. The van der Waals surface area contributed by atoms with Crippen molar-refractivity contribution in [1.29, 1.82) is 0 Å². The number of para-hydroxylation sites is 1. The maximum Gasteiger partial charge on any atom is 0.222 e. The number of aromatic nitrogens is 2. The number of fused-ring (bicyclic) bond motifs is 1. The quantitative estimate of drug-likeness (QED) is 0.407. The van der Waals surface area contributed by atoms with Crippen LogP contribution in [-0.2, 0) is 6.42 Å². The van der Waals surface area contributed by atoms with Crippen molar-refractivity contribution in [3.63, 3.8) is 0 Å². The first-order chi connectivity index (χ1) is 14.7. The van der Waals surface area contributed by atoms with Gasteiger partial charge in [-0.3, -0.25) is 0 Å². The van der Waals surface area contributed by atoms with Crippen LogP contribution in [0.15, 0.2) is 66.9 Å². The summed E-state index contributed by atoms with van der Waals surface area (Å²) in [7, 11) is 0. The van der Waals surface area contributed by atoms with Crippen LogP contribution in [0.2, 0.25) is 0 Å². The molecular formula is C24H23N3O2S. The molecule has 1 saturated carbocycles. The average Bonchev–Trinajstić information content (AvgIpc) is 3.36. The van der Waals surface area contributed by atoms with Crippen LogP contribution in [0.3, 0.4) is 0 Å². The predicted molar refractivity (Wildman–Crippen MR) is 121 cm³/mol. The highest BCUT2D eigenvalue weighted by Gasteiger charge is 2.24. The highest BCUT2D eigenvalue weighted by Crippen LogP contribution is 2.33. The molecule has 1 aliphatic rings. The van der Waals surface area contributed by atoms with E-state index < -0.39 is 0 Å². The molecule has 2 aromatic carbocycles. The summed E-state index contributed by atoms with van der Waals surface area (Å²) in [5, 5.41) is 14.0. The van der Waals surface area contributed by atoms with Crippen LogP contribution < -0.4 is 10.1 Å². The average molecular weight is 418 g/mol. The summed E-state index contributed by atoms with van der Waals surface area (Å²) < 4.78 is 7.25. The molecule has 2 atom stereocenters. The van der Waals surface area contributed by atoms with Gasteiger partial charge in [-0.1, -0.05) is 29.5 Å². The van der Waals surface area contributed by atoms with Crippen molar-refractivity contribution in [2.24, 2.45) is 5.92 Å². The fourth-order valence-electron chi connectivity index (χ4n) is 3.98. The van der Waals surface area contributed by atoms with Crippen LogP contribution in [0.5, 0.6) is 11.6 Å². The Bertz CT molecular complexity index is 1110. The van der Waals surface area contributed by atoms with Crippen molar-refractivity contribution in [3.05, 3.63) is 72.4 Å². The Morgan fingerprint density at radius 1 is 1.03 bits per heavy atom. The number of ether oxygens (including phenoxy) is 1. The number of thiazole rings is 1. The third-order valence-corrected chi connectivity index (χ3v) is 6.44. The van der Waals surface area contributed by atoms with E-state index in [1.165, 1.54) is 0 Å². The molecule has 1 aliphatic carbocycles. The molecule has 0 bridgehead atoms. The van der Waals surface area contributed by atoms with E-state index in [1.807, 2.05) is 48.5 Å². The summed E-state index contributed by atoms with van der Waals surface area (Å²) >= 11 is 1.63. The lowest BCUT2D eigenvalue weighted by molar-refractivity contribution is 0.177. The largest absolute Gasteiger partial charge is 0.439 e. The highest BCUT2D eigenvalue weighted by atomic mass is 32.1. The molecule has 0 aliphatic heterocycles. The second-order valence-electron chi connectivity index (χ2n) is 7.74. The fourth-order valence-corrected chi connectivity index (χ4v) is 4.87. The fraction of sp³-hybridized carbons (Fsp3) is 0.250. The summed E-state index contributed by atoms with van der Waals surface area (Å²) in [6.07, 6.45) is 5.29. The number of hydrogen-bond donors (Lipinski definition) is 2. The van der Waals surface area contributed by atoms with Gasteiger partial charge in [-0.05, 0) is 74.1 Å². The summed E-state index contributed by atoms with van der Waals surface area (Å²) in [6.45, 7) is 0. The number of rotatable bonds is 6. The van der Waals surface area contributed by atoms with E-state index >= 15 is 0 Å². The molecule has 30 heavy (non-hydrogen) atoms. The Labute approximate surface area is 179 Å². The van der Waals surface area contributed by atoms with Gasteiger partial charge in [0.2, 0.25) is 5.88 Å². The van der Waals surface area contributed by atoms with Crippen LogP contribution in [-0.4, -0.2) is 21.2 Å². The lowest BCUT2D eigenvalue weighted by atomic mass is 9.99. The third kappa shape index (κ3) is 4.30. The molecule has 0 radical (unpaired) electrons. The molecule has 0 spiro atoms. The first-order valence-electron chi connectivity index (χ1n) is 10.3. The zero-order chi connectivity index (χ0) is 20.3. The molecule has 4 aromatic rings. The Morgan fingerprint density at radius 3 is 2.70 bits per heavy atom. The SMILES string of the molecule is OC1CCC(Cc2cccnc2Oc2ccc(Nc3nc4ccccc4s3)cc2)C1. The van der Waals surface area contributed by atoms with Crippen molar-refractivity contribution in [1.82, 2.24) is 9.97 Å². The molecule has 5 nitrogen and oxygen atoms in total. The van der Waals surface area contributed by atoms with E-state index in [0.717, 1.165) is 58.0 Å². The smallest absolute Gasteiger partial charge is 0.222 e. The van der Waals surface area contributed by atoms with Crippen LogP contribution in [0.1, 0.15) is 24.8 Å². The normalized spacial score (nSPS) is 18.6. The van der Waals surface area contributed by atoms with E-state index in [4.69, 9.17) is 4.74 Å². The number of hydrogen-bond acceptors (Lipinski definition) is 6. The van der Waals surface area contributed by atoms with Gasteiger partial charge >= 0.3 is 0 Å². The van der Waals surface area contributed by atoms with Gasteiger partial charge in [0.25, 0.3) is 0 Å². The van der Waals surface area contributed by atoms with Crippen molar-refractivity contribution < 1.29 is 9.84 Å². The zero-order valence-electron chi connectivity index (χ0n) is 16.5. The number of benzene rings is 2. The number of anilines is 2. The standard InChI is InChI=1S/C24H23N3O2S/c28-19-10-7-16(15-19)14-17-4-3-13-25-23(17)29-20-11-8-18(9-12-20)26-24-27-21-5-1-2-6-22(21)30-24/h1-6,8-9,11-13,16,19,28H,7,10,14-15H2,(H,26,27). The van der Waals surface area contributed by atoms with Crippen molar-refractivity contribution in [3.8, 4) is 11.6 Å². The summed E-state index contributed by atoms with van der Waals surface area (Å²) in [5.41, 5.74) is 3.05. The Balaban J connectivity index is 1.27. The monoisotopic (exact) mass is 417 g/mol. The van der Waals surface area contributed by atoms with Crippen LogP contribution in [0.4, 0.5) is 10.8 Å². The molecule has 1 fully saturated rings. The Morgan fingerprint density at radius 2 is 1.90 bits per heavy atom. The van der Waals surface area contributed by atoms with Crippen LogP contribution >= 0.6 is 11.3 Å². The molecule has 2 unspecified atom stereocenters. The zero-order valence-corrected chi connectivity index (χ0v) is 17.3. The second-order valence-corrected chi connectivity index (χ2v) is 8.77. The van der Waals surface area contributed by atoms with E-state index in [2.05, 4.69) is 27.4 Å². The van der Waals surface area contributed by atoms with Crippen molar-refractivity contribution >= 4 is 32.4 Å². The minimum atomic E-state index is -0.161. The van der Waals surface area contributed by atoms with Gasteiger partial charge in [0.1, 0.15) is 5.75 Å². The topological polar surface area (TPSA) is 67.3 Å². The first-order valence-corrected chi connectivity index (χ1v) is 11.1. The van der Waals surface area contributed by atoms with Gasteiger partial charge < -0.3 is 15.2 Å². The summed E-state index contributed by atoms with van der Waals surface area (Å²) in [4.78, 5) is 9.05.